The second kappa shape index (κ2) is 5.22. The van der Waals surface area contributed by atoms with Gasteiger partial charge in [0.1, 0.15) is 0 Å². The summed E-state index contributed by atoms with van der Waals surface area (Å²) in [5.41, 5.74) is 0. The lowest BCUT2D eigenvalue weighted by atomic mass is 10.1. The molecule has 0 bridgehead atoms. The number of rotatable bonds is 4. The van der Waals surface area contributed by atoms with E-state index in [1.165, 1.54) is 34.3 Å². The molecule has 1 radical (unpaired) electrons. The van der Waals surface area contributed by atoms with Crippen molar-refractivity contribution in [1.82, 2.24) is 0 Å². The predicted octanol–water partition coefficient (Wildman–Crippen LogP) is 4.53. The molecule has 2 rings (SSSR count). The van der Waals surface area contributed by atoms with Gasteiger partial charge in [-0.05, 0) is 29.7 Å². The molecule has 0 spiro atoms. The molecule has 77 valence electrons. The van der Waals surface area contributed by atoms with Crippen LogP contribution in [0.4, 0.5) is 0 Å². The first-order chi connectivity index (χ1) is 7.42. The zero-order valence-electron chi connectivity index (χ0n) is 8.99. The number of fused-ring (bicyclic) bond motifs is 1. The summed E-state index contributed by atoms with van der Waals surface area (Å²) < 4.78 is 0. The minimum atomic E-state index is 1.21. The smallest absolute Gasteiger partial charge is 0.0157 e. The molecule has 15 heavy (non-hydrogen) atoms. The Morgan fingerprint density at radius 1 is 1.20 bits per heavy atom. The van der Waals surface area contributed by atoms with E-state index in [9.17, 15) is 0 Å². The van der Waals surface area contributed by atoms with E-state index in [1.54, 1.807) is 0 Å². The third-order valence-electron chi connectivity index (χ3n) is 2.41. The van der Waals surface area contributed by atoms with Crippen LogP contribution in [-0.2, 0) is 0 Å². The maximum absolute atomic E-state index is 3.33. The standard InChI is InChI=1S/C14H15S/c1-2-3-11-15-14-10-6-8-12-7-4-5-9-13(12)14/h4-8,10H,2-3,11H2,1H3. The Kier molecular flexibility index (Phi) is 3.68. The summed E-state index contributed by atoms with van der Waals surface area (Å²) >= 11 is 1.94. The summed E-state index contributed by atoms with van der Waals surface area (Å²) in [5, 5.41) is 2.56. The van der Waals surface area contributed by atoms with Gasteiger partial charge in [0.25, 0.3) is 0 Å². The largest absolute Gasteiger partial charge is 0.125 e. The van der Waals surface area contributed by atoms with Crippen LogP contribution in [0, 0.1) is 6.07 Å². The minimum Gasteiger partial charge on any atom is -0.125 e. The third kappa shape index (κ3) is 2.54. The highest BCUT2D eigenvalue weighted by atomic mass is 32.2. The quantitative estimate of drug-likeness (QED) is 0.533. The molecule has 0 aliphatic rings. The van der Waals surface area contributed by atoms with E-state index in [1.807, 2.05) is 23.9 Å². The van der Waals surface area contributed by atoms with E-state index in [0.717, 1.165) is 0 Å². The second-order valence-electron chi connectivity index (χ2n) is 3.59. The molecule has 0 saturated carbocycles. The zero-order chi connectivity index (χ0) is 10.5. The summed E-state index contributed by atoms with van der Waals surface area (Å²) in [7, 11) is 0. The Hall–Kier alpha value is -0.950. The van der Waals surface area contributed by atoms with Crippen molar-refractivity contribution in [2.75, 3.05) is 5.75 Å². The zero-order valence-corrected chi connectivity index (χ0v) is 9.81. The van der Waals surface area contributed by atoms with Crippen molar-refractivity contribution in [2.24, 2.45) is 0 Å². The molecule has 0 fully saturated rings. The fourth-order valence-electron chi connectivity index (χ4n) is 1.57. The summed E-state index contributed by atoms with van der Waals surface area (Å²) in [6.07, 6.45) is 2.55. The van der Waals surface area contributed by atoms with Crippen molar-refractivity contribution in [3.8, 4) is 0 Å². The third-order valence-corrected chi connectivity index (χ3v) is 3.56. The van der Waals surface area contributed by atoms with Crippen LogP contribution in [-0.4, -0.2) is 5.75 Å². The molecule has 1 heteroatoms. The van der Waals surface area contributed by atoms with Gasteiger partial charge in [0.2, 0.25) is 0 Å². The van der Waals surface area contributed by atoms with E-state index in [4.69, 9.17) is 0 Å². The fraction of sp³-hybridized carbons (Fsp3) is 0.286. The summed E-state index contributed by atoms with van der Waals surface area (Å²) in [5.74, 6) is 1.21. The monoisotopic (exact) mass is 215 g/mol. The maximum Gasteiger partial charge on any atom is 0.0157 e. The van der Waals surface area contributed by atoms with E-state index < -0.39 is 0 Å². The van der Waals surface area contributed by atoms with Crippen LogP contribution in [0.1, 0.15) is 19.8 Å². The number of hydrogen-bond donors (Lipinski definition) is 0. The Labute approximate surface area is 95.7 Å². The summed E-state index contributed by atoms with van der Waals surface area (Å²) in [6, 6.07) is 16.0. The number of benzene rings is 2. The van der Waals surface area contributed by atoms with Gasteiger partial charge in [-0.2, -0.15) is 0 Å². The van der Waals surface area contributed by atoms with Crippen LogP contribution in [0.15, 0.2) is 41.3 Å². The lowest BCUT2D eigenvalue weighted by Crippen LogP contribution is -1.81. The van der Waals surface area contributed by atoms with Crippen LogP contribution in [0.2, 0.25) is 0 Å². The number of hydrogen-bond acceptors (Lipinski definition) is 1. The fourth-order valence-corrected chi connectivity index (χ4v) is 2.72. The lowest BCUT2D eigenvalue weighted by molar-refractivity contribution is 0.896. The molecule has 0 heterocycles. The molecule has 0 aliphatic heterocycles. The van der Waals surface area contributed by atoms with Crippen molar-refractivity contribution in [1.29, 1.82) is 0 Å². The molecule has 0 unspecified atom stereocenters. The van der Waals surface area contributed by atoms with Gasteiger partial charge >= 0.3 is 0 Å². The first-order valence-electron chi connectivity index (χ1n) is 5.44. The van der Waals surface area contributed by atoms with Crippen molar-refractivity contribution >= 4 is 22.5 Å². The Morgan fingerprint density at radius 2 is 2.07 bits per heavy atom. The van der Waals surface area contributed by atoms with Crippen LogP contribution in [0.25, 0.3) is 10.8 Å². The molecule has 0 nitrogen and oxygen atoms in total. The normalized spacial score (nSPS) is 10.7. The van der Waals surface area contributed by atoms with Gasteiger partial charge in [-0.25, -0.2) is 0 Å². The SMILES string of the molecule is CCCCSc1cccc2ccc[c]c12. The van der Waals surface area contributed by atoms with Crippen LogP contribution in [0.3, 0.4) is 0 Å². The van der Waals surface area contributed by atoms with E-state index in [2.05, 4.69) is 37.3 Å². The van der Waals surface area contributed by atoms with Crippen molar-refractivity contribution < 1.29 is 0 Å². The first-order valence-corrected chi connectivity index (χ1v) is 6.42. The van der Waals surface area contributed by atoms with Gasteiger partial charge in [0, 0.05) is 10.3 Å². The van der Waals surface area contributed by atoms with Crippen molar-refractivity contribution in [3.05, 3.63) is 42.5 Å². The molecule has 2 aromatic carbocycles. The van der Waals surface area contributed by atoms with Crippen LogP contribution < -0.4 is 0 Å². The average molecular weight is 215 g/mol. The second-order valence-corrected chi connectivity index (χ2v) is 4.73. The summed E-state index contributed by atoms with van der Waals surface area (Å²) in [4.78, 5) is 1.36. The molecule has 0 N–H and O–H groups in total. The van der Waals surface area contributed by atoms with Gasteiger partial charge in [-0.1, -0.05) is 43.7 Å². The van der Waals surface area contributed by atoms with Gasteiger partial charge in [-0.15, -0.1) is 11.8 Å². The van der Waals surface area contributed by atoms with Gasteiger partial charge in [0.05, 0.1) is 0 Å². The van der Waals surface area contributed by atoms with Crippen LogP contribution in [0.5, 0.6) is 0 Å². The predicted molar refractivity (Wildman–Crippen MR) is 68.4 cm³/mol. The number of unbranched alkanes of at least 4 members (excludes halogenated alkanes) is 1. The topological polar surface area (TPSA) is 0 Å². The Morgan fingerprint density at radius 3 is 2.93 bits per heavy atom. The van der Waals surface area contributed by atoms with Crippen molar-refractivity contribution in [3.63, 3.8) is 0 Å². The minimum absolute atomic E-state index is 1.21. The molecule has 0 atom stereocenters. The van der Waals surface area contributed by atoms with Crippen LogP contribution >= 0.6 is 11.8 Å². The van der Waals surface area contributed by atoms with Gasteiger partial charge in [-0.3, -0.25) is 0 Å². The molecular weight excluding hydrogens is 200 g/mol. The maximum atomic E-state index is 3.33. The lowest BCUT2D eigenvalue weighted by Gasteiger charge is -2.04. The van der Waals surface area contributed by atoms with E-state index >= 15 is 0 Å². The van der Waals surface area contributed by atoms with Gasteiger partial charge < -0.3 is 0 Å². The van der Waals surface area contributed by atoms with Gasteiger partial charge in [0.15, 0.2) is 0 Å². The molecular formula is C14H15S. The molecule has 2 aromatic rings. The Balaban J connectivity index is 2.26. The molecule has 0 aliphatic carbocycles. The molecule has 0 aromatic heterocycles. The van der Waals surface area contributed by atoms with E-state index in [-0.39, 0.29) is 0 Å². The highest BCUT2D eigenvalue weighted by Gasteiger charge is 1.99. The summed E-state index contributed by atoms with van der Waals surface area (Å²) in [6.45, 7) is 2.23. The molecule has 0 amide bonds. The Bertz CT molecular complexity index is 429. The van der Waals surface area contributed by atoms with E-state index in [0.29, 0.717) is 0 Å². The molecule has 0 saturated heterocycles. The highest BCUT2D eigenvalue weighted by molar-refractivity contribution is 7.99. The van der Waals surface area contributed by atoms with Crippen molar-refractivity contribution in [2.45, 2.75) is 24.7 Å². The number of thioether (sulfide) groups is 1. The average Bonchev–Trinajstić information content (AvgIpc) is 2.30. The highest BCUT2D eigenvalue weighted by Crippen LogP contribution is 2.27. The first kappa shape index (κ1) is 10.6.